The van der Waals surface area contributed by atoms with E-state index in [0.29, 0.717) is 11.7 Å². The minimum Gasteiger partial charge on any atom is -0.497 e. The number of hydrogen-bond donors (Lipinski definition) is 2. The number of aryl methyl sites for hydroxylation is 2. The van der Waals surface area contributed by atoms with Gasteiger partial charge in [0.1, 0.15) is 5.75 Å². The molecule has 0 bridgehead atoms. The maximum Gasteiger partial charge on any atom is 0.234 e. The van der Waals surface area contributed by atoms with Crippen LogP contribution >= 0.6 is 11.8 Å². The largest absolute Gasteiger partial charge is 0.497 e. The van der Waals surface area contributed by atoms with Gasteiger partial charge in [0, 0.05) is 29.3 Å². The molecule has 2 aromatic carbocycles. The van der Waals surface area contributed by atoms with E-state index >= 15 is 0 Å². The summed E-state index contributed by atoms with van der Waals surface area (Å²) in [6, 6.07) is 17.5. The van der Waals surface area contributed by atoms with E-state index in [4.69, 9.17) is 4.74 Å². The number of benzene rings is 2. The molecule has 29 heavy (non-hydrogen) atoms. The highest BCUT2D eigenvalue weighted by Gasteiger charge is 2.07. The zero-order chi connectivity index (χ0) is 20.6. The van der Waals surface area contributed by atoms with Crippen LogP contribution in [0.1, 0.15) is 17.0 Å². The van der Waals surface area contributed by atoms with Gasteiger partial charge >= 0.3 is 0 Å². The zero-order valence-corrected chi connectivity index (χ0v) is 17.5. The highest BCUT2D eigenvalue weighted by atomic mass is 32.2. The van der Waals surface area contributed by atoms with Gasteiger partial charge in [0.2, 0.25) is 5.91 Å². The van der Waals surface area contributed by atoms with Crippen molar-refractivity contribution in [2.45, 2.75) is 25.5 Å². The number of rotatable bonds is 8. The summed E-state index contributed by atoms with van der Waals surface area (Å²) < 4.78 is 5.17. The predicted molar refractivity (Wildman–Crippen MR) is 118 cm³/mol. The first-order valence-corrected chi connectivity index (χ1v) is 10.2. The lowest BCUT2D eigenvalue weighted by molar-refractivity contribution is -0.113. The maximum absolute atomic E-state index is 12.3. The minimum absolute atomic E-state index is 0.0852. The number of methoxy groups -OCH3 is 1. The summed E-state index contributed by atoms with van der Waals surface area (Å²) in [5, 5.41) is 6.92. The summed E-state index contributed by atoms with van der Waals surface area (Å²) in [6.45, 7) is 4.50. The number of anilines is 2. The van der Waals surface area contributed by atoms with Crippen LogP contribution in [0, 0.1) is 13.8 Å². The Balaban J connectivity index is 1.52. The van der Waals surface area contributed by atoms with Gasteiger partial charge in [-0.15, -0.1) is 0 Å². The number of hydrogen-bond acceptors (Lipinski definition) is 6. The van der Waals surface area contributed by atoms with Crippen molar-refractivity contribution in [3.63, 3.8) is 0 Å². The quantitative estimate of drug-likeness (QED) is 0.424. The lowest BCUT2D eigenvalue weighted by Gasteiger charge is -2.10. The number of carbonyl (C=O) groups is 1. The molecule has 3 rings (SSSR count). The Bertz CT molecular complexity index is 957. The van der Waals surface area contributed by atoms with Gasteiger partial charge in [-0.3, -0.25) is 4.79 Å². The van der Waals surface area contributed by atoms with Gasteiger partial charge in [-0.25, -0.2) is 9.97 Å². The Kier molecular flexibility index (Phi) is 7.08. The van der Waals surface area contributed by atoms with E-state index in [1.54, 1.807) is 7.11 Å². The molecule has 1 heterocycles. The summed E-state index contributed by atoms with van der Waals surface area (Å²) in [5.74, 6) is 0.999. The first kappa shape index (κ1) is 20.7. The van der Waals surface area contributed by atoms with E-state index in [2.05, 4.69) is 20.6 Å². The monoisotopic (exact) mass is 408 g/mol. The molecule has 0 saturated carbocycles. The number of nitrogens with one attached hydrogen (secondary N) is 2. The number of thioether (sulfide) groups is 1. The Hall–Kier alpha value is -3.06. The van der Waals surface area contributed by atoms with Crippen molar-refractivity contribution in [1.29, 1.82) is 0 Å². The smallest absolute Gasteiger partial charge is 0.234 e. The lowest BCUT2D eigenvalue weighted by atomic mass is 10.2. The second-order valence-electron chi connectivity index (χ2n) is 6.55. The molecule has 0 aliphatic heterocycles. The van der Waals surface area contributed by atoms with Gasteiger partial charge in [0.15, 0.2) is 5.16 Å². The fourth-order valence-corrected chi connectivity index (χ4v) is 3.51. The molecule has 3 aromatic rings. The zero-order valence-electron chi connectivity index (χ0n) is 16.7. The van der Waals surface area contributed by atoms with Crippen LogP contribution in [0.15, 0.2) is 59.8 Å². The average Bonchev–Trinajstić information content (AvgIpc) is 2.71. The molecule has 1 aromatic heterocycles. The van der Waals surface area contributed by atoms with Gasteiger partial charge in [0.05, 0.1) is 12.9 Å². The van der Waals surface area contributed by atoms with Crippen LogP contribution < -0.4 is 15.4 Å². The fourth-order valence-electron chi connectivity index (χ4n) is 2.76. The highest BCUT2D eigenvalue weighted by Crippen LogP contribution is 2.18. The number of ether oxygens (including phenoxy) is 1. The summed E-state index contributed by atoms with van der Waals surface area (Å²) in [4.78, 5) is 21.0. The predicted octanol–water partition coefficient (Wildman–Crippen LogP) is 4.44. The van der Waals surface area contributed by atoms with Crippen LogP contribution in [-0.4, -0.2) is 28.7 Å². The molecule has 0 atom stereocenters. The third-order valence-electron chi connectivity index (χ3n) is 4.09. The van der Waals surface area contributed by atoms with Gasteiger partial charge < -0.3 is 15.4 Å². The summed E-state index contributed by atoms with van der Waals surface area (Å²) in [6.07, 6.45) is 0. The number of carbonyl (C=O) groups excluding carboxylic acids is 1. The normalized spacial score (nSPS) is 10.4. The third-order valence-corrected chi connectivity index (χ3v) is 4.94. The van der Waals surface area contributed by atoms with Crippen molar-refractivity contribution in [1.82, 2.24) is 9.97 Å². The Morgan fingerprint density at radius 3 is 2.41 bits per heavy atom. The molecular formula is C22H24N4O2S. The Morgan fingerprint density at radius 1 is 1.00 bits per heavy atom. The van der Waals surface area contributed by atoms with Crippen molar-refractivity contribution in [3.8, 4) is 5.75 Å². The number of amides is 1. The van der Waals surface area contributed by atoms with E-state index < -0.39 is 0 Å². The van der Waals surface area contributed by atoms with Crippen molar-refractivity contribution in [3.05, 3.63) is 71.5 Å². The molecule has 150 valence electrons. The van der Waals surface area contributed by atoms with E-state index in [1.807, 2.05) is 68.4 Å². The molecule has 7 heteroatoms. The maximum atomic E-state index is 12.3. The van der Waals surface area contributed by atoms with E-state index in [9.17, 15) is 4.79 Å². The second kappa shape index (κ2) is 9.93. The Morgan fingerprint density at radius 2 is 1.72 bits per heavy atom. The molecule has 0 aliphatic carbocycles. The van der Waals surface area contributed by atoms with Crippen LogP contribution in [-0.2, 0) is 11.3 Å². The molecule has 6 nitrogen and oxygen atoms in total. The standard InChI is InChI=1S/C22H24N4O2S/c1-15-11-16(2)25-22(24-15)29-14-21(27)26-19-6-4-5-17(12-19)13-23-18-7-9-20(28-3)10-8-18/h4-12,23H,13-14H2,1-3H3,(H,26,27). The molecule has 0 fully saturated rings. The number of aromatic nitrogens is 2. The van der Waals surface area contributed by atoms with Crippen LogP contribution in [0.5, 0.6) is 5.75 Å². The molecule has 0 saturated heterocycles. The molecule has 0 radical (unpaired) electrons. The highest BCUT2D eigenvalue weighted by molar-refractivity contribution is 7.99. The topological polar surface area (TPSA) is 76.1 Å². The number of nitrogens with zero attached hydrogens (tertiary/aromatic N) is 2. The van der Waals surface area contributed by atoms with Crippen LogP contribution in [0.3, 0.4) is 0 Å². The molecular weight excluding hydrogens is 384 g/mol. The van der Waals surface area contributed by atoms with Crippen molar-refractivity contribution >= 4 is 29.0 Å². The summed E-state index contributed by atoms with van der Waals surface area (Å²) in [5.41, 5.74) is 4.65. The fraction of sp³-hybridized carbons (Fsp3) is 0.227. The van der Waals surface area contributed by atoms with E-state index in [1.165, 1.54) is 11.8 Å². The molecule has 0 spiro atoms. The van der Waals surface area contributed by atoms with Gasteiger partial charge in [0.25, 0.3) is 0 Å². The summed E-state index contributed by atoms with van der Waals surface area (Å²) in [7, 11) is 1.65. The summed E-state index contributed by atoms with van der Waals surface area (Å²) >= 11 is 1.33. The van der Waals surface area contributed by atoms with Crippen LogP contribution in [0.25, 0.3) is 0 Å². The van der Waals surface area contributed by atoms with E-state index in [-0.39, 0.29) is 11.7 Å². The molecule has 0 aliphatic rings. The third kappa shape index (κ3) is 6.50. The minimum atomic E-state index is -0.0852. The Labute approximate surface area is 175 Å². The SMILES string of the molecule is COc1ccc(NCc2cccc(NC(=O)CSc3nc(C)cc(C)n3)c2)cc1. The molecule has 1 amide bonds. The van der Waals surface area contributed by atoms with Crippen LogP contribution in [0.2, 0.25) is 0 Å². The first-order valence-electron chi connectivity index (χ1n) is 9.23. The van der Waals surface area contributed by atoms with Crippen LogP contribution in [0.4, 0.5) is 11.4 Å². The molecule has 2 N–H and O–H groups in total. The van der Waals surface area contributed by atoms with Gasteiger partial charge in [-0.05, 0) is 61.9 Å². The van der Waals surface area contributed by atoms with Crippen molar-refractivity contribution in [2.75, 3.05) is 23.5 Å². The first-order chi connectivity index (χ1) is 14.0. The average molecular weight is 409 g/mol. The van der Waals surface area contributed by atoms with Crippen molar-refractivity contribution < 1.29 is 9.53 Å². The second-order valence-corrected chi connectivity index (χ2v) is 7.50. The van der Waals surface area contributed by atoms with Gasteiger partial charge in [-0.2, -0.15) is 0 Å². The lowest BCUT2D eigenvalue weighted by Crippen LogP contribution is -2.14. The van der Waals surface area contributed by atoms with E-state index in [0.717, 1.165) is 34.1 Å². The molecule has 0 unspecified atom stereocenters. The van der Waals surface area contributed by atoms with Crippen molar-refractivity contribution in [2.24, 2.45) is 0 Å². The van der Waals surface area contributed by atoms with Gasteiger partial charge in [-0.1, -0.05) is 23.9 Å².